The maximum atomic E-state index is 11.8. The second-order valence-corrected chi connectivity index (χ2v) is 5.70. The van der Waals surface area contributed by atoms with Crippen molar-refractivity contribution in [1.82, 2.24) is 0 Å². The molecule has 0 fully saturated rings. The van der Waals surface area contributed by atoms with Crippen LogP contribution in [0, 0.1) is 0 Å². The quantitative estimate of drug-likeness (QED) is 0.477. The fourth-order valence-corrected chi connectivity index (χ4v) is 1.90. The van der Waals surface area contributed by atoms with E-state index >= 15 is 0 Å². The zero-order valence-electron chi connectivity index (χ0n) is 13.4. The summed E-state index contributed by atoms with van der Waals surface area (Å²) in [7, 11) is 0. The van der Waals surface area contributed by atoms with Gasteiger partial charge in [0.25, 0.3) is 0 Å². The van der Waals surface area contributed by atoms with Gasteiger partial charge in [0.2, 0.25) is 0 Å². The maximum Gasteiger partial charge on any atom is 0.323 e. The summed E-state index contributed by atoms with van der Waals surface area (Å²) < 4.78 is 5.12. The summed E-state index contributed by atoms with van der Waals surface area (Å²) in [5, 5.41) is 0. The molecule has 0 aromatic heterocycles. The smallest absolute Gasteiger partial charge is 0.323 e. The molecular weight excluding hydrogens is 264 g/mol. The van der Waals surface area contributed by atoms with Crippen LogP contribution in [0.5, 0.6) is 0 Å². The molecule has 4 nitrogen and oxygen atoms in total. The van der Waals surface area contributed by atoms with Crippen molar-refractivity contribution < 1.29 is 9.53 Å². The Hall–Kier alpha value is -1.68. The van der Waals surface area contributed by atoms with Gasteiger partial charge in [0, 0.05) is 5.71 Å². The first-order chi connectivity index (χ1) is 9.90. The lowest BCUT2D eigenvalue weighted by molar-refractivity contribution is -0.144. The van der Waals surface area contributed by atoms with Crippen molar-refractivity contribution >= 4 is 11.7 Å². The minimum Gasteiger partial charge on any atom is -0.463 e. The molecule has 0 bridgehead atoms. The van der Waals surface area contributed by atoms with Gasteiger partial charge in [-0.15, -0.1) is 0 Å². The Kier molecular flexibility index (Phi) is 7.09. The van der Waals surface area contributed by atoms with Gasteiger partial charge in [0.05, 0.1) is 6.54 Å². The monoisotopic (exact) mass is 290 g/mol. The Labute approximate surface area is 127 Å². The summed E-state index contributed by atoms with van der Waals surface area (Å²) in [5.41, 5.74) is 9.18. The van der Waals surface area contributed by atoms with Crippen molar-refractivity contribution in [2.45, 2.75) is 46.1 Å². The van der Waals surface area contributed by atoms with Gasteiger partial charge in [-0.3, -0.25) is 9.79 Å². The highest BCUT2D eigenvalue weighted by atomic mass is 16.5. The molecule has 116 valence electrons. The van der Waals surface area contributed by atoms with E-state index in [2.05, 4.69) is 31.0 Å². The van der Waals surface area contributed by atoms with Crippen LogP contribution in [0.1, 0.15) is 44.7 Å². The summed E-state index contributed by atoms with van der Waals surface area (Å²) in [5.74, 6) is 0.132. The molecule has 2 N–H and O–H groups in total. The summed E-state index contributed by atoms with van der Waals surface area (Å²) in [6.07, 6.45) is 0.493. The molecule has 0 saturated heterocycles. The number of carbonyl (C=O) groups is 1. The van der Waals surface area contributed by atoms with Crippen molar-refractivity contribution in [3.05, 3.63) is 35.4 Å². The highest BCUT2D eigenvalue weighted by Gasteiger charge is 2.15. The molecule has 0 heterocycles. The summed E-state index contributed by atoms with van der Waals surface area (Å²) >= 11 is 0. The molecule has 0 radical (unpaired) electrons. The zero-order chi connectivity index (χ0) is 15.8. The molecule has 21 heavy (non-hydrogen) atoms. The highest BCUT2D eigenvalue weighted by molar-refractivity contribution is 5.79. The molecule has 1 aromatic rings. The Morgan fingerprint density at radius 3 is 2.38 bits per heavy atom. The SMILES string of the molecule is CC(C)=NCCOC(=O)C(N)Cc1ccc(C(C)C)cc1. The number of esters is 1. The van der Waals surface area contributed by atoms with Gasteiger partial charge < -0.3 is 10.5 Å². The Morgan fingerprint density at radius 1 is 1.24 bits per heavy atom. The number of aliphatic imine (C=N–C) groups is 1. The van der Waals surface area contributed by atoms with Gasteiger partial charge in [0.1, 0.15) is 12.6 Å². The normalized spacial score (nSPS) is 12.1. The molecule has 0 saturated carbocycles. The van der Waals surface area contributed by atoms with Crippen LogP contribution in [-0.4, -0.2) is 30.9 Å². The second kappa shape index (κ2) is 8.57. The van der Waals surface area contributed by atoms with Gasteiger partial charge in [0.15, 0.2) is 0 Å². The first-order valence-corrected chi connectivity index (χ1v) is 7.39. The van der Waals surface area contributed by atoms with Gasteiger partial charge in [-0.25, -0.2) is 0 Å². The molecule has 4 heteroatoms. The van der Waals surface area contributed by atoms with Crippen LogP contribution in [0.2, 0.25) is 0 Å². The fourth-order valence-electron chi connectivity index (χ4n) is 1.90. The number of benzene rings is 1. The van der Waals surface area contributed by atoms with E-state index < -0.39 is 6.04 Å². The number of carbonyl (C=O) groups excluding carboxylic acids is 1. The van der Waals surface area contributed by atoms with Crippen LogP contribution in [0.25, 0.3) is 0 Å². The molecule has 0 amide bonds. The van der Waals surface area contributed by atoms with E-state index in [1.807, 2.05) is 26.0 Å². The lowest BCUT2D eigenvalue weighted by Crippen LogP contribution is -2.34. The standard InChI is InChI=1S/C17H26N2O2/c1-12(2)15-7-5-14(6-8-15)11-16(18)17(20)21-10-9-19-13(3)4/h5-8,12,16H,9-11,18H2,1-4H3. The van der Waals surface area contributed by atoms with Crippen molar-refractivity contribution in [2.24, 2.45) is 10.7 Å². The number of ether oxygens (including phenoxy) is 1. The van der Waals surface area contributed by atoms with Gasteiger partial charge >= 0.3 is 5.97 Å². The first kappa shape index (κ1) is 17.4. The number of rotatable bonds is 7. The van der Waals surface area contributed by atoms with Gasteiger partial charge in [-0.2, -0.15) is 0 Å². The van der Waals surface area contributed by atoms with Gasteiger partial charge in [-0.1, -0.05) is 38.1 Å². The molecular formula is C17H26N2O2. The second-order valence-electron chi connectivity index (χ2n) is 5.70. The summed E-state index contributed by atoms with van der Waals surface area (Å²) in [6, 6.07) is 7.58. The molecule has 0 spiro atoms. The molecule has 1 atom stereocenters. The van der Waals surface area contributed by atoms with Crippen LogP contribution in [0.4, 0.5) is 0 Å². The van der Waals surface area contributed by atoms with Crippen LogP contribution >= 0.6 is 0 Å². The number of hydrogen-bond donors (Lipinski definition) is 1. The Morgan fingerprint density at radius 2 is 1.86 bits per heavy atom. The Balaban J connectivity index is 2.43. The number of hydrogen-bond acceptors (Lipinski definition) is 4. The largest absolute Gasteiger partial charge is 0.463 e. The number of nitrogens with zero attached hydrogens (tertiary/aromatic N) is 1. The maximum absolute atomic E-state index is 11.8. The number of nitrogens with two attached hydrogens (primary N) is 1. The van der Waals surface area contributed by atoms with Crippen molar-refractivity contribution in [1.29, 1.82) is 0 Å². The van der Waals surface area contributed by atoms with Crippen LogP contribution < -0.4 is 5.73 Å². The predicted molar refractivity (Wildman–Crippen MR) is 86.8 cm³/mol. The van der Waals surface area contributed by atoms with E-state index in [1.54, 1.807) is 0 Å². The van der Waals surface area contributed by atoms with Crippen LogP contribution in [0.3, 0.4) is 0 Å². The summed E-state index contributed by atoms with van der Waals surface area (Å²) in [6.45, 7) is 8.90. The van der Waals surface area contributed by atoms with Crippen LogP contribution in [-0.2, 0) is 16.0 Å². The zero-order valence-corrected chi connectivity index (χ0v) is 13.4. The molecule has 1 unspecified atom stereocenters. The van der Waals surface area contributed by atoms with Gasteiger partial charge in [-0.05, 0) is 37.3 Å². The lowest BCUT2D eigenvalue weighted by Gasteiger charge is -2.12. The molecule has 0 aliphatic heterocycles. The average molecular weight is 290 g/mol. The molecule has 1 rings (SSSR count). The van der Waals surface area contributed by atoms with E-state index in [4.69, 9.17) is 10.5 Å². The van der Waals surface area contributed by atoms with E-state index in [9.17, 15) is 4.79 Å². The average Bonchev–Trinajstić information content (AvgIpc) is 2.43. The predicted octanol–water partition coefficient (Wildman–Crippen LogP) is 2.70. The highest BCUT2D eigenvalue weighted by Crippen LogP contribution is 2.15. The van der Waals surface area contributed by atoms with E-state index in [0.717, 1.165) is 11.3 Å². The van der Waals surface area contributed by atoms with Crippen molar-refractivity contribution in [2.75, 3.05) is 13.2 Å². The third-order valence-corrected chi connectivity index (χ3v) is 3.17. The fraction of sp³-hybridized carbons (Fsp3) is 0.529. The topological polar surface area (TPSA) is 64.7 Å². The van der Waals surface area contributed by atoms with E-state index in [-0.39, 0.29) is 12.6 Å². The minimum atomic E-state index is -0.624. The third-order valence-electron chi connectivity index (χ3n) is 3.17. The van der Waals surface area contributed by atoms with Crippen molar-refractivity contribution in [3.63, 3.8) is 0 Å². The Bertz CT molecular complexity index is 474. The van der Waals surface area contributed by atoms with Crippen LogP contribution in [0.15, 0.2) is 29.3 Å². The molecule has 0 aliphatic carbocycles. The molecule has 1 aromatic carbocycles. The molecule has 0 aliphatic rings. The summed E-state index contributed by atoms with van der Waals surface area (Å²) in [4.78, 5) is 15.9. The third kappa shape index (κ3) is 6.54. The minimum absolute atomic E-state index is 0.282. The van der Waals surface area contributed by atoms with Crippen molar-refractivity contribution in [3.8, 4) is 0 Å². The lowest BCUT2D eigenvalue weighted by atomic mass is 9.99. The van der Waals surface area contributed by atoms with E-state index in [1.165, 1.54) is 5.56 Å². The van der Waals surface area contributed by atoms with E-state index in [0.29, 0.717) is 18.9 Å². The first-order valence-electron chi connectivity index (χ1n) is 7.39.